The molecule has 0 unspecified atom stereocenters. The van der Waals surface area contributed by atoms with Gasteiger partial charge in [-0.1, -0.05) is 12.2 Å². The van der Waals surface area contributed by atoms with Crippen LogP contribution in [-0.4, -0.2) is 45.8 Å². The van der Waals surface area contributed by atoms with Crippen molar-refractivity contribution in [1.82, 2.24) is 10.2 Å². The highest BCUT2D eigenvalue weighted by atomic mass is 32.2. The van der Waals surface area contributed by atoms with Gasteiger partial charge in [0.15, 0.2) is 0 Å². The molecule has 6 heteroatoms. The molecule has 17 heavy (non-hydrogen) atoms. The van der Waals surface area contributed by atoms with Crippen LogP contribution in [0.1, 0.15) is 27.7 Å². The van der Waals surface area contributed by atoms with E-state index in [9.17, 15) is 4.79 Å². The van der Waals surface area contributed by atoms with E-state index in [0.717, 1.165) is 17.3 Å². The second kappa shape index (κ2) is 5.91. The molecule has 1 N–H and O–H groups in total. The summed E-state index contributed by atoms with van der Waals surface area (Å²) in [7, 11) is 0. The van der Waals surface area contributed by atoms with Crippen LogP contribution in [0.25, 0.3) is 0 Å². The summed E-state index contributed by atoms with van der Waals surface area (Å²) >= 11 is 7.17. The Morgan fingerprint density at radius 2 is 2.24 bits per heavy atom. The van der Waals surface area contributed by atoms with Gasteiger partial charge in [-0.15, -0.1) is 11.8 Å². The largest absolute Gasteiger partial charge is 0.444 e. The van der Waals surface area contributed by atoms with E-state index in [1.165, 1.54) is 0 Å². The van der Waals surface area contributed by atoms with Gasteiger partial charge in [-0.05, 0) is 27.7 Å². The van der Waals surface area contributed by atoms with Gasteiger partial charge >= 0.3 is 6.09 Å². The van der Waals surface area contributed by atoms with Crippen LogP contribution in [0, 0.1) is 0 Å². The summed E-state index contributed by atoms with van der Waals surface area (Å²) in [5, 5.41) is 3.09. The lowest BCUT2D eigenvalue weighted by Gasteiger charge is -2.24. The molecular weight excluding hydrogens is 256 g/mol. The molecule has 0 aromatic rings. The van der Waals surface area contributed by atoms with Gasteiger partial charge in [0.25, 0.3) is 0 Å². The van der Waals surface area contributed by atoms with Gasteiger partial charge in [0.1, 0.15) is 5.60 Å². The molecule has 1 fully saturated rings. The molecule has 4 nitrogen and oxygen atoms in total. The summed E-state index contributed by atoms with van der Waals surface area (Å²) in [6.07, 6.45) is -0.417. The number of ether oxygens (including phenoxy) is 1. The van der Waals surface area contributed by atoms with Gasteiger partial charge in [-0.3, -0.25) is 0 Å². The Labute approximate surface area is 112 Å². The average molecular weight is 276 g/mol. The standard InChI is InChI=1S/C11H20N2O2S2/c1-8-13(5-6-17-8)9(16)7-12-10(14)15-11(2,3)4/h8H,5-7H2,1-4H3,(H,12,14)/t8-/m0/s1. The predicted molar refractivity (Wildman–Crippen MR) is 75.5 cm³/mol. The van der Waals surface area contributed by atoms with Crippen molar-refractivity contribution in [3.63, 3.8) is 0 Å². The molecule has 98 valence electrons. The fourth-order valence-corrected chi connectivity index (χ4v) is 2.93. The first-order chi connectivity index (χ1) is 7.79. The lowest BCUT2D eigenvalue weighted by molar-refractivity contribution is 0.0535. The highest BCUT2D eigenvalue weighted by Gasteiger charge is 2.23. The summed E-state index contributed by atoms with van der Waals surface area (Å²) in [6.45, 7) is 8.96. The predicted octanol–water partition coefficient (Wildman–Crippen LogP) is 2.23. The first-order valence-corrected chi connectivity index (χ1v) is 7.13. The molecule has 1 aliphatic rings. The number of carbonyl (C=O) groups is 1. The molecule has 1 aliphatic heterocycles. The molecule has 0 aromatic heterocycles. The lowest BCUT2D eigenvalue weighted by atomic mass is 10.2. The summed E-state index contributed by atoms with van der Waals surface area (Å²) < 4.78 is 5.14. The second-order valence-corrected chi connectivity index (χ2v) is 6.81. The Morgan fingerprint density at radius 1 is 1.59 bits per heavy atom. The Bertz CT molecular complexity index is 302. The van der Waals surface area contributed by atoms with Gasteiger partial charge in [0.2, 0.25) is 0 Å². The van der Waals surface area contributed by atoms with E-state index in [4.69, 9.17) is 17.0 Å². The number of nitrogens with one attached hydrogen (secondary N) is 1. The molecule has 1 heterocycles. The van der Waals surface area contributed by atoms with Crippen LogP contribution in [0.3, 0.4) is 0 Å². The van der Waals surface area contributed by atoms with Crippen molar-refractivity contribution in [2.75, 3.05) is 18.8 Å². The van der Waals surface area contributed by atoms with Gasteiger partial charge < -0.3 is 15.0 Å². The number of thioether (sulfide) groups is 1. The van der Waals surface area contributed by atoms with Crippen molar-refractivity contribution < 1.29 is 9.53 Å². The fourth-order valence-electron chi connectivity index (χ4n) is 1.48. The summed E-state index contributed by atoms with van der Waals surface area (Å²) in [5.41, 5.74) is -0.470. The normalized spacial score (nSPS) is 20.2. The zero-order valence-electron chi connectivity index (χ0n) is 10.8. The topological polar surface area (TPSA) is 41.6 Å². The summed E-state index contributed by atoms with van der Waals surface area (Å²) in [5.74, 6) is 1.09. The van der Waals surface area contributed by atoms with Crippen LogP contribution >= 0.6 is 24.0 Å². The third kappa shape index (κ3) is 5.12. The maximum atomic E-state index is 11.4. The molecule has 0 spiro atoms. The van der Waals surface area contributed by atoms with Crippen molar-refractivity contribution >= 4 is 35.1 Å². The minimum atomic E-state index is -0.470. The van der Waals surface area contributed by atoms with Crippen LogP contribution in [0.5, 0.6) is 0 Å². The van der Waals surface area contributed by atoms with E-state index >= 15 is 0 Å². The lowest BCUT2D eigenvalue weighted by Crippen LogP contribution is -2.41. The molecule has 1 saturated heterocycles. The van der Waals surface area contributed by atoms with Crippen molar-refractivity contribution in [3.05, 3.63) is 0 Å². The van der Waals surface area contributed by atoms with E-state index < -0.39 is 11.7 Å². The molecule has 1 rings (SSSR count). The maximum absolute atomic E-state index is 11.4. The maximum Gasteiger partial charge on any atom is 0.408 e. The van der Waals surface area contributed by atoms with Crippen molar-refractivity contribution in [3.8, 4) is 0 Å². The third-order valence-corrected chi connectivity index (χ3v) is 3.77. The zero-order valence-corrected chi connectivity index (χ0v) is 12.4. The molecule has 0 saturated carbocycles. The Hall–Kier alpha value is -0.490. The molecule has 1 amide bonds. The minimum absolute atomic E-state index is 0.370. The number of hydrogen-bond acceptors (Lipinski definition) is 4. The quantitative estimate of drug-likeness (QED) is 0.783. The summed E-state index contributed by atoms with van der Waals surface area (Å²) in [6, 6.07) is 0. The highest BCUT2D eigenvalue weighted by Crippen LogP contribution is 2.23. The van der Waals surface area contributed by atoms with E-state index in [-0.39, 0.29) is 0 Å². The number of amides is 1. The average Bonchev–Trinajstić information content (AvgIpc) is 2.58. The smallest absolute Gasteiger partial charge is 0.408 e. The number of carbonyl (C=O) groups excluding carboxylic acids is 1. The van der Waals surface area contributed by atoms with Gasteiger partial charge in [0.05, 0.1) is 16.9 Å². The van der Waals surface area contributed by atoms with E-state index in [0.29, 0.717) is 11.9 Å². The molecule has 0 radical (unpaired) electrons. The number of hydrogen-bond donors (Lipinski definition) is 1. The van der Waals surface area contributed by atoms with Crippen molar-refractivity contribution in [2.24, 2.45) is 0 Å². The first kappa shape index (κ1) is 14.6. The number of thiocarbonyl (C=S) groups is 1. The number of alkyl carbamates (subject to hydrolysis) is 1. The van der Waals surface area contributed by atoms with Crippen LogP contribution < -0.4 is 5.32 Å². The van der Waals surface area contributed by atoms with E-state index in [1.807, 2.05) is 32.5 Å². The SMILES string of the molecule is C[C@@H]1SCCN1C(=S)CNC(=O)OC(C)(C)C. The Morgan fingerprint density at radius 3 is 2.71 bits per heavy atom. The third-order valence-electron chi connectivity index (χ3n) is 2.23. The monoisotopic (exact) mass is 276 g/mol. The van der Waals surface area contributed by atoms with Gasteiger partial charge in [-0.2, -0.15) is 0 Å². The molecule has 0 bridgehead atoms. The Kier molecular flexibility index (Phi) is 5.06. The Balaban J connectivity index is 2.31. The number of rotatable bonds is 2. The van der Waals surface area contributed by atoms with Gasteiger partial charge in [0, 0.05) is 12.3 Å². The number of nitrogens with zero attached hydrogens (tertiary/aromatic N) is 1. The first-order valence-electron chi connectivity index (χ1n) is 5.67. The van der Waals surface area contributed by atoms with Crippen molar-refractivity contribution in [2.45, 2.75) is 38.7 Å². The van der Waals surface area contributed by atoms with E-state index in [1.54, 1.807) is 0 Å². The second-order valence-electron chi connectivity index (χ2n) is 4.91. The molecule has 0 aliphatic carbocycles. The fraction of sp³-hybridized carbons (Fsp3) is 0.818. The van der Waals surface area contributed by atoms with Gasteiger partial charge in [-0.25, -0.2) is 4.79 Å². The van der Waals surface area contributed by atoms with Crippen LogP contribution in [0.2, 0.25) is 0 Å². The molecule has 0 aromatic carbocycles. The highest BCUT2D eigenvalue weighted by molar-refractivity contribution is 8.00. The van der Waals surface area contributed by atoms with Crippen LogP contribution in [0.15, 0.2) is 0 Å². The van der Waals surface area contributed by atoms with Crippen LogP contribution in [-0.2, 0) is 4.74 Å². The van der Waals surface area contributed by atoms with Crippen molar-refractivity contribution in [1.29, 1.82) is 0 Å². The molecular formula is C11H20N2O2S2. The molecule has 1 atom stereocenters. The van der Waals surface area contributed by atoms with Crippen LogP contribution in [0.4, 0.5) is 4.79 Å². The van der Waals surface area contributed by atoms with E-state index in [2.05, 4.69) is 17.1 Å². The zero-order chi connectivity index (χ0) is 13.1. The summed E-state index contributed by atoms with van der Waals surface area (Å²) in [4.78, 5) is 14.4. The minimum Gasteiger partial charge on any atom is -0.444 e.